The Morgan fingerprint density at radius 3 is 2.75 bits per heavy atom. The quantitative estimate of drug-likeness (QED) is 0.891. The van der Waals surface area contributed by atoms with E-state index in [0.29, 0.717) is 28.9 Å². The third-order valence-corrected chi connectivity index (χ3v) is 4.62. The topological polar surface area (TPSA) is 77.8 Å². The van der Waals surface area contributed by atoms with Gasteiger partial charge in [-0.2, -0.15) is 5.26 Å². The Morgan fingerprint density at radius 1 is 1.25 bits per heavy atom. The van der Waals surface area contributed by atoms with E-state index in [-0.39, 0.29) is 23.7 Å². The number of carbonyl (C=O) groups excluding carboxylic acids is 1. The summed E-state index contributed by atoms with van der Waals surface area (Å²) in [7, 11) is 0. The van der Waals surface area contributed by atoms with E-state index < -0.39 is 11.8 Å². The number of anilines is 1. The Balaban J connectivity index is 1.42. The molecule has 2 aliphatic carbocycles. The first-order valence-electron chi connectivity index (χ1n) is 7.49. The summed E-state index contributed by atoms with van der Waals surface area (Å²) < 4.78 is 27.7. The van der Waals surface area contributed by atoms with Gasteiger partial charge in [0, 0.05) is 18.2 Å². The highest BCUT2D eigenvalue weighted by Gasteiger charge is 2.58. The van der Waals surface area contributed by atoms with Crippen LogP contribution in [0.2, 0.25) is 0 Å². The maximum absolute atomic E-state index is 13.9. The second-order valence-electron chi connectivity index (χ2n) is 5.98. The molecule has 0 bridgehead atoms. The lowest BCUT2D eigenvalue weighted by Crippen LogP contribution is -2.33. The predicted molar refractivity (Wildman–Crippen MR) is 81.2 cm³/mol. The second kappa shape index (κ2) is 5.27. The minimum atomic E-state index is -0.454. The number of aromatic nitrogens is 1. The number of fused-ring (bicyclic) bond motifs is 3. The molecule has 2 aliphatic rings. The number of nitrogens with one attached hydrogen (secondary N) is 2. The van der Waals surface area contributed by atoms with Crippen molar-refractivity contribution in [3.63, 3.8) is 0 Å². The second-order valence-corrected chi connectivity index (χ2v) is 5.98. The Kier molecular flexibility index (Phi) is 3.20. The van der Waals surface area contributed by atoms with Gasteiger partial charge in [0.05, 0.1) is 5.56 Å². The van der Waals surface area contributed by atoms with Gasteiger partial charge in [0.1, 0.15) is 23.5 Å². The molecule has 2 aromatic rings. The average Bonchev–Trinajstić information content (AvgIpc) is 3.05. The summed E-state index contributed by atoms with van der Waals surface area (Å²) >= 11 is 0. The number of amides is 2. The Bertz CT molecular complexity index is 875. The fourth-order valence-corrected chi connectivity index (χ4v) is 3.47. The molecule has 120 valence electrons. The molecular formula is C17H12F2N4O. The number of halogens is 2. The summed E-state index contributed by atoms with van der Waals surface area (Å²) in [4.78, 5) is 16.0. The van der Waals surface area contributed by atoms with E-state index >= 15 is 0 Å². The monoisotopic (exact) mass is 326 g/mol. The molecule has 1 fully saturated rings. The molecule has 1 saturated carbocycles. The first-order valence-corrected chi connectivity index (χ1v) is 7.49. The van der Waals surface area contributed by atoms with Crippen LogP contribution in [0.1, 0.15) is 22.6 Å². The van der Waals surface area contributed by atoms with Crippen LogP contribution in [0, 0.1) is 28.9 Å². The lowest BCUT2D eigenvalue weighted by molar-refractivity contribution is 0.251. The van der Waals surface area contributed by atoms with Crippen LogP contribution in [0.3, 0.4) is 0 Å². The highest BCUT2D eigenvalue weighted by molar-refractivity contribution is 5.89. The third kappa shape index (κ3) is 2.27. The average molecular weight is 326 g/mol. The highest BCUT2D eigenvalue weighted by atomic mass is 19.1. The zero-order chi connectivity index (χ0) is 16.8. The van der Waals surface area contributed by atoms with Crippen molar-refractivity contribution >= 4 is 11.8 Å². The summed E-state index contributed by atoms with van der Waals surface area (Å²) in [6.45, 7) is 0. The molecule has 1 aromatic heterocycles. The SMILES string of the molecule is N#Cc1ccc(NC(=O)N[C@@H]2C3Cc4c(F)ccc(F)c4C32)nc1. The number of pyridine rings is 1. The molecule has 5 nitrogen and oxygen atoms in total. The van der Waals surface area contributed by atoms with Crippen molar-refractivity contribution in [1.29, 1.82) is 5.26 Å². The smallest absolute Gasteiger partial charge is 0.320 e. The van der Waals surface area contributed by atoms with E-state index in [9.17, 15) is 13.6 Å². The maximum atomic E-state index is 13.9. The zero-order valence-corrected chi connectivity index (χ0v) is 12.4. The van der Waals surface area contributed by atoms with Gasteiger partial charge in [-0.05, 0) is 47.7 Å². The van der Waals surface area contributed by atoms with Gasteiger partial charge in [-0.3, -0.25) is 5.32 Å². The van der Waals surface area contributed by atoms with E-state index in [2.05, 4.69) is 15.6 Å². The molecular weight excluding hydrogens is 314 g/mol. The number of urea groups is 1. The number of rotatable bonds is 2. The molecule has 0 spiro atoms. The zero-order valence-electron chi connectivity index (χ0n) is 12.4. The lowest BCUT2D eigenvalue weighted by Gasteiger charge is -2.11. The van der Waals surface area contributed by atoms with Crippen LogP contribution in [0.4, 0.5) is 19.4 Å². The molecule has 0 radical (unpaired) electrons. The van der Waals surface area contributed by atoms with Crippen LogP contribution in [0.5, 0.6) is 0 Å². The molecule has 24 heavy (non-hydrogen) atoms. The van der Waals surface area contributed by atoms with Gasteiger partial charge >= 0.3 is 6.03 Å². The molecule has 2 amide bonds. The van der Waals surface area contributed by atoms with Crippen molar-refractivity contribution in [3.8, 4) is 6.07 Å². The van der Waals surface area contributed by atoms with Crippen LogP contribution in [-0.4, -0.2) is 17.1 Å². The van der Waals surface area contributed by atoms with Gasteiger partial charge < -0.3 is 5.32 Å². The summed E-state index contributed by atoms with van der Waals surface area (Å²) in [5.74, 6) is -0.627. The van der Waals surface area contributed by atoms with E-state index in [1.165, 1.54) is 12.3 Å². The Hall–Kier alpha value is -3.01. The van der Waals surface area contributed by atoms with Crippen molar-refractivity contribution in [1.82, 2.24) is 10.3 Å². The fraction of sp³-hybridized carbons (Fsp3) is 0.235. The molecule has 0 aliphatic heterocycles. The predicted octanol–water partition coefficient (Wildman–Crippen LogP) is 2.69. The molecule has 1 heterocycles. The van der Waals surface area contributed by atoms with Crippen LogP contribution < -0.4 is 10.6 Å². The minimum Gasteiger partial charge on any atom is -0.334 e. The van der Waals surface area contributed by atoms with E-state index in [1.54, 1.807) is 6.07 Å². The molecule has 0 saturated heterocycles. The van der Waals surface area contributed by atoms with Gasteiger partial charge in [0.15, 0.2) is 0 Å². The maximum Gasteiger partial charge on any atom is 0.320 e. The first-order chi connectivity index (χ1) is 11.6. The Labute approximate surface area is 136 Å². The van der Waals surface area contributed by atoms with Gasteiger partial charge in [-0.15, -0.1) is 0 Å². The number of hydrogen-bond donors (Lipinski definition) is 2. The molecule has 3 atom stereocenters. The van der Waals surface area contributed by atoms with E-state index in [0.717, 1.165) is 12.1 Å². The van der Waals surface area contributed by atoms with Crippen LogP contribution >= 0.6 is 0 Å². The van der Waals surface area contributed by atoms with Crippen LogP contribution in [-0.2, 0) is 6.42 Å². The van der Waals surface area contributed by atoms with Crippen LogP contribution in [0.25, 0.3) is 0 Å². The molecule has 2 N–H and O–H groups in total. The van der Waals surface area contributed by atoms with E-state index in [4.69, 9.17) is 5.26 Å². The first kappa shape index (κ1) is 14.6. The fourth-order valence-electron chi connectivity index (χ4n) is 3.47. The van der Waals surface area contributed by atoms with Crippen molar-refractivity contribution in [2.45, 2.75) is 18.4 Å². The van der Waals surface area contributed by atoms with Crippen molar-refractivity contribution in [2.24, 2.45) is 5.92 Å². The number of benzene rings is 1. The summed E-state index contributed by atoms with van der Waals surface area (Å²) in [5.41, 5.74) is 1.21. The molecule has 7 heteroatoms. The molecule has 4 rings (SSSR count). The highest BCUT2D eigenvalue weighted by Crippen LogP contribution is 2.57. The Morgan fingerprint density at radius 2 is 2.04 bits per heavy atom. The van der Waals surface area contributed by atoms with Gasteiger partial charge in [0.2, 0.25) is 0 Å². The number of hydrogen-bond acceptors (Lipinski definition) is 3. The van der Waals surface area contributed by atoms with Gasteiger partial charge in [0.25, 0.3) is 0 Å². The van der Waals surface area contributed by atoms with Gasteiger partial charge in [-0.1, -0.05) is 0 Å². The van der Waals surface area contributed by atoms with Gasteiger partial charge in [-0.25, -0.2) is 18.6 Å². The summed E-state index contributed by atoms with van der Waals surface area (Å²) in [5, 5.41) is 14.0. The van der Waals surface area contributed by atoms with Crippen molar-refractivity contribution < 1.29 is 13.6 Å². The van der Waals surface area contributed by atoms with E-state index in [1.807, 2.05) is 6.07 Å². The lowest BCUT2D eigenvalue weighted by atomic mass is 10.0. The van der Waals surface area contributed by atoms with Crippen molar-refractivity contribution in [2.75, 3.05) is 5.32 Å². The van der Waals surface area contributed by atoms with Crippen molar-refractivity contribution in [3.05, 3.63) is 58.8 Å². The normalized spacial score (nSPS) is 23.0. The number of nitriles is 1. The number of nitrogens with zero attached hydrogens (tertiary/aromatic N) is 2. The third-order valence-electron chi connectivity index (χ3n) is 4.62. The summed E-state index contributed by atoms with van der Waals surface area (Å²) in [6, 6.07) is 6.63. The molecule has 1 aromatic carbocycles. The summed E-state index contributed by atoms with van der Waals surface area (Å²) in [6.07, 6.45) is 1.79. The number of carbonyl (C=O) groups is 1. The van der Waals surface area contributed by atoms with Crippen LogP contribution in [0.15, 0.2) is 30.5 Å². The molecule has 2 unspecified atom stereocenters. The minimum absolute atomic E-state index is 0.0334. The largest absolute Gasteiger partial charge is 0.334 e. The standard InChI is InChI=1S/C17H12F2N4O/c18-11-2-3-12(19)14-9(11)5-10-15(14)16(10)23-17(24)22-13-4-1-8(6-20)7-21-13/h1-4,7,10,15-16H,5H2,(H2,21,22,23,24)/t10?,15?,16-/m1/s1.